The number of hydrogen-bond acceptors (Lipinski definition) is 3. The van der Waals surface area contributed by atoms with Crippen molar-refractivity contribution in [3.63, 3.8) is 0 Å². The molecule has 0 aliphatic carbocycles. The van der Waals surface area contributed by atoms with Gasteiger partial charge in [-0.1, -0.05) is 24.3 Å². The fraction of sp³-hybridized carbons (Fsp3) is 0.350. The molecule has 2 saturated heterocycles. The van der Waals surface area contributed by atoms with Crippen molar-refractivity contribution in [2.75, 3.05) is 0 Å². The lowest BCUT2D eigenvalue weighted by Crippen LogP contribution is -2.42. The van der Waals surface area contributed by atoms with E-state index in [9.17, 15) is 4.39 Å². The van der Waals surface area contributed by atoms with Crippen LogP contribution in [0.3, 0.4) is 0 Å². The number of rotatable bonds is 3. The van der Waals surface area contributed by atoms with Gasteiger partial charge in [-0.25, -0.2) is 4.39 Å². The van der Waals surface area contributed by atoms with Crippen LogP contribution in [-0.2, 0) is 0 Å². The van der Waals surface area contributed by atoms with E-state index in [1.807, 2.05) is 6.07 Å². The van der Waals surface area contributed by atoms with Gasteiger partial charge in [-0.2, -0.15) is 5.26 Å². The van der Waals surface area contributed by atoms with Gasteiger partial charge in [0.25, 0.3) is 0 Å². The summed E-state index contributed by atoms with van der Waals surface area (Å²) in [7, 11) is 0. The molecule has 2 aromatic rings. The molecule has 0 amide bonds. The van der Waals surface area contributed by atoms with Gasteiger partial charge in [-0.15, -0.1) is 0 Å². The molecule has 3 nitrogen and oxygen atoms in total. The normalized spacial score (nSPS) is 25.2. The van der Waals surface area contributed by atoms with E-state index in [0.29, 0.717) is 29.0 Å². The van der Waals surface area contributed by atoms with Crippen LogP contribution in [0.2, 0.25) is 0 Å². The number of ether oxygens (including phenoxy) is 1. The van der Waals surface area contributed by atoms with Crippen LogP contribution >= 0.6 is 0 Å². The fourth-order valence-electron chi connectivity index (χ4n) is 3.83. The Kier molecular flexibility index (Phi) is 3.95. The van der Waals surface area contributed by atoms with Crippen molar-refractivity contribution in [1.29, 1.82) is 5.26 Å². The van der Waals surface area contributed by atoms with E-state index >= 15 is 0 Å². The number of fused-ring (bicyclic) bond motifs is 2. The second-order valence-corrected chi connectivity index (χ2v) is 6.66. The molecule has 122 valence electrons. The summed E-state index contributed by atoms with van der Waals surface area (Å²) in [5, 5.41) is 12.4. The molecule has 24 heavy (non-hydrogen) atoms. The zero-order chi connectivity index (χ0) is 16.5. The molecule has 2 aromatic carbocycles. The topological polar surface area (TPSA) is 45.0 Å². The van der Waals surface area contributed by atoms with Crippen molar-refractivity contribution in [2.45, 2.75) is 43.9 Å². The average molecular weight is 322 g/mol. The van der Waals surface area contributed by atoms with Crippen molar-refractivity contribution in [2.24, 2.45) is 0 Å². The summed E-state index contributed by atoms with van der Waals surface area (Å²) in [5.74, 6) is -0.00348. The van der Waals surface area contributed by atoms with Gasteiger partial charge >= 0.3 is 0 Å². The maximum absolute atomic E-state index is 14.9. The second-order valence-electron chi connectivity index (χ2n) is 6.66. The Hall–Kier alpha value is -2.38. The monoisotopic (exact) mass is 322 g/mol. The van der Waals surface area contributed by atoms with Gasteiger partial charge in [0, 0.05) is 17.6 Å². The molecular weight excluding hydrogens is 303 g/mol. The molecular formula is C20H19FN2O. The SMILES string of the molecule is N#Cc1ccc(-c2cccc(O[C@@H]3C[C@H]4CC[C@@H](C3)N4)c2F)cc1. The standard InChI is InChI=1S/C20H19FN2O/c21-20-18(14-6-4-13(12-22)5-7-14)2-1-3-19(20)24-17-10-15-8-9-16(11-17)23-15/h1-7,15-17,23H,8-11H2/t15-,16+,17-. The van der Waals surface area contributed by atoms with Crippen molar-refractivity contribution < 1.29 is 9.13 Å². The molecule has 2 bridgehead atoms. The molecule has 3 atom stereocenters. The second kappa shape index (κ2) is 6.26. The number of nitriles is 1. The van der Waals surface area contributed by atoms with Gasteiger partial charge < -0.3 is 10.1 Å². The first-order chi connectivity index (χ1) is 11.7. The zero-order valence-electron chi connectivity index (χ0n) is 13.3. The third-order valence-electron chi connectivity index (χ3n) is 5.01. The minimum absolute atomic E-state index is 0.0782. The van der Waals surface area contributed by atoms with Crippen LogP contribution in [0.1, 0.15) is 31.2 Å². The first kappa shape index (κ1) is 15.2. The maximum Gasteiger partial charge on any atom is 0.172 e. The van der Waals surface area contributed by atoms with Crippen LogP contribution in [0.5, 0.6) is 5.75 Å². The van der Waals surface area contributed by atoms with Gasteiger partial charge in [0.15, 0.2) is 11.6 Å². The van der Waals surface area contributed by atoms with Gasteiger partial charge in [0.2, 0.25) is 0 Å². The lowest BCUT2D eigenvalue weighted by Gasteiger charge is -2.29. The largest absolute Gasteiger partial charge is 0.487 e. The predicted molar refractivity (Wildman–Crippen MR) is 90.1 cm³/mol. The highest BCUT2D eigenvalue weighted by molar-refractivity contribution is 5.66. The predicted octanol–water partition coefficient (Wildman–Crippen LogP) is 4.03. The Bertz CT molecular complexity index is 769. The number of piperidine rings is 1. The lowest BCUT2D eigenvalue weighted by molar-refractivity contribution is 0.132. The minimum Gasteiger partial charge on any atom is -0.487 e. The van der Waals surface area contributed by atoms with Gasteiger partial charge in [0.05, 0.1) is 11.6 Å². The van der Waals surface area contributed by atoms with E-state index in [1.54, 1.807) is 36.4 Å². The van der Waals surface area contributed by atoms with E-state index in [1.165, 1.54) is 12.8 Å². The summed E-state index contributed by atoms with van der Waals surface area (Å²) in [6.45, 7) is 0. The first-order valence-electron chi connectivity index (χ1n) is 8.44. The highest BCUT2D eigenvalue weighted by Crippen LogP contribution is 2.33. The molecule has 0 unspecified atom stereocenters. The van der Waals surface area contributed by atoms with Crippen molar-refractivity contribution in [1.82, 2.24) is 5.32 Å². The van der Waals surface area contributed by atoms with Gasteiger partial charge in [-0.3, -0.25) is 0 Å². The fourth-order valence-corrected chi connectivity index (χ4v) is 3.83. The summed E-state index contributed by atoms with van der Waals surface area (Å²) < 4.78 is 20.9. The molecule has 2 fully saturated rings. The molecule has 0 radical (unpaired) electrons. The summed E-state index contributed by atoms with van der Waals surface area (Å²) in [4.78, 5) is 0. The van der Waals surface area contributed by atoms with Gasteiger partial charge in [0.1, 0.15) is 6.10 Å². The third-order valence-corrected chi connectivity index (χ3v) is 5.01. The van der Waals surface area contributed by atoms with Crippen molar-refractivity contribution in [3.8, 4) is 22.9 Å². The lowest BCUT2D eigenvalue weighted by atomic mass is 10.0. The summed E-state index contributed by atoms with van der Waals surface area (Å²) in [6.07, 6.45) is 4.35. The molecule has 2 aliphatic rings. The van der Waals surface area contributed by atoms with Crippen LogP contribution in [-0.4, -0.2) is 18.2 Å². The highest BCUT2D eigenvalue weighted by atomic mass is 19.1. The molecule has 4 heteroatoms. The van der Waals surface area contributed by atoms with Gasteiger partial charge in [-0.05, 0) is 49.4 Å². The summed E-state index contributed by atoms with van der Waals surface area (Å²) in [5.41, 5.74) is 1.83. The average Bonchev–Trinajstić information content (AvgIpc) is 2.95. The number of nitrogens with one attached hydrogen (secondary N) is 1. The van der Waals surface area contributed by atoms with E-state index in [4.69, 9.17) is 10.00 Å². The Morgan fingerprint density at radius 1 is 1.04 bits per heavy atom. The Morgan fingerprint density at radius 2 is 1.75 bits per heavy atom. The molecule has 4 rings (SSSR count). The number of nitrogens with zero attached hydrogens (tertiary/aromatic N) is 1. The van der Waals surface area contributed by atoms with E-state index < -0.39 is 0 Å². The number of halogens is 1. The van der Waals surface area contributed by atoms with Crippen LogP contribution in [0, 0.1) is 17.1 Å². The quantitative estimate of drug-likeness (QED) is 0.928. The molecule has 0 saturated carbocycles. The first-order valence-corrected chi connectivity index (χ1v) is 8.44. The van der Waals surface area contributed by atoms with Crippen LogP contribution in [0.25, 0.3) is 11.1 Å². The Morgan fingerprint density at radius 3 is 2.42 bits per heavy atom. The summed E-state index contributed by atoms with van der Waals surface area (Å²) >= 11 is 0. The van der Waals surface area contributed by atoms with Crippen LogP contribution < -0.4 is 10.1 Å². The summed E-state index contributed by atoms with van der Waals surface area (Å²) in [6, 6.07) is 15.3. The highest BCUT2D eigenvalue weighted by Gasteiger charge is 2.34. The molecule has 1 N–H and O–H groups in total. The number of hydrogen-bond donors (Lipinski definition) is 1. The molecule has 2 aliphatic heterocycles. The smallest absolute Gasteiger partial charge is 0.172 e. The molecule has 0 aromatic heterocycles. The Balaban J connectivity index is 1.57. The maximum atomic E-state index is 14.9. The minimum atomic E-state index is -0.326. The van der Waals surface area contributed by atoms with E-state index in [2.05, 4.69) is 11.4 Å². The number of benzene rings is 2. The zero-order valence-corrected chi connectivity index (χ0v) is 13.3. The van der Waals surface area contributed by atoms with Crippen molar-refractivity contribution >= 4 is 0 Å². The van der Waals surface area contributed by atoms with Crippen LogP contribution in [0.15, 0.2) is 42.5 Å². The van der Waals surface area contributed by atoms with Crippen molar-refractivity contribution in [3.05, 3.63) is 53.8 Å². The van der Waals surface area contributed by atoms with E-state index in [-0.39, 0.29) is 11.9 Å². The van der Waals surface area contributed by atoms with Crippen LogP contribution in [0.4, 0.5) is 4.39 Å². The Labute approximate surface area is 141 Å². The molecule has 0 spiro atoms. The van der Waals surface area contributed by atoms with E-state index in [0.717, 1.165) is 18.4 Å². The third kappa shape index (κ3) is 2.88. The molecule has 2 heterocycles.